The number of nitrogens with zero attached hydrogens (tertiary/aromatic N) is 1. The number of aliphatic imine (C=N–C) groups is 1. The van der Waals surface area contributed by atoms with Crippen molar-refractivity contribution in [1.29, 1.82) is 0 Å². The molecule has 0 aromatic heterocycles. The van der Waals surface area contributed by atoms with Gasteiger partial charge in [0.05, 0.1) is 25.9 Å². The quantitative estimate of drug-likeness (QED) is 0.173. The van der Waals surface area contributed by atoms with Gasteiger partial charge >= 0.3 is 0 Å². The summed E-state index contributed by atoms with van der Waals surface area (Å²) in [7, 11) is 0. The van der Waals surface area contributed by atoms with Crippen molar-refractivity contribution in [3.05, 3.63) is 18.2 Å². The van der Waals surface area contributed by atoms with Crippen LogP contribution in [0.1, 0.15) is 39.0 Å². The zero-order valence-electron chi connectivity index (χ0n) is 19.1. The molecule has 1 fully saturated rings. The van der Waals surface area contributed by atoms with Crippen LogP contribution in [-0.2, 0) is 14.2 Å². The SMILES string of the molecule is CCOCCCNC(=NCCCOCC1CCCO1)Nc1ccc2c(c1)OCCCO2.I. The Hall–Kier alpha value is -1.30. The van der Waals surface area contributed by atoms with Gasteiger partial charge in [0.25, 0.3) is 0 Å². The Morgan fingerprint density at radius 2 is 1.91 bits per heavy atom. The predicted molar refractivity (Wildman–Crippen MR) is 137 cm³/mol. The van der Waals surface area contributed by atoms with Crippen molar-refractivity contribution < 1.29 is 23.7 Å². The number of benzene rings is 1. The van der Waals surface area contributed by atoms with Crippen LogP contribution >= 0.6 is 24.0 Å². The van der Waals surface area contributed by atoms with Crippen molar-refractivity contribution in [2.24, 2.45) is 4.99 Å². The van der Waals surface area contributed by atoms with E-state index < -0.39 is 0 Å². The van der Waals surface area contributed by atoms with Gasteiger partial charge in [-0.3, -0.25) is 4.99 Å². The lowest BCUT2D eigenvalue weighted by Gasteiger charge is -2.15. The first-order chi connectivity index (χ1) is 15.3. The number of halogens is 1. The predicted octanol–water partition coefficient (Wildman–Crippen LogP) is 3.84. The summed E-state index contributed by atoms with van der Waals surface area (Å²) in [6.07, 6.45) is 5.18. The molecule has 0 saturated carbocycles. The Labute approximate surface area is 208 Å². The Morgan fingerprint density at radius 3 is 2.72 bits per heavy atom. The van der Waals surface area contributed by atoms with Crippen molar-refractivity contribution in [3.63, 3.8) is 0 Å². The summed E-state index contributed by atoms with van der Waals surface area (Å²) in [5.74, 6) is 2.29. The van der Waals surface area contributed by atoms with Gasteiger partial charge in [0, 0.05) is 57.7 Å². The van der Waals surface area contributed by atoms with Gasteiger partial charge in [0.15, 0.2) is 17.5 Å². The Kier molecular flexibility index (Phi) is 13.8. The highest BCUT2D eigenvalue weighted by Crippen LogP contribution is 2.32. The zero-order chi connectivity index (χ0) is 21.6. The number of anilines is 1. The van der Waals surface area contributed by atoms with Crippen LogP contribution in [0.3, 0.4) is 0 Å². The van der Waals surface area contributed by atoms with E-state index in [0.717, 1.165) is 81.6 Å². The fourth-order valence-electron chi connectivity index (χ4n) is 3.39. The summed E-state index contributed by atoms with van der Waals surface area (Å²) >= 11 is 0. The van der Waals surface area contributed by atoms with Gasteiger partial charge in [-0.15, -0.1) is 24.0 Å². The molecule has 8 nitrogen and oxygen atoms in total. The highest BCUT2D eigenvalue weighted by Gasteiger charge is 2.15. The molecule has 0 bridgehead atoms. The van der Waals surface area contributed by atoms with Crippen LogP contribution < -0.4 is 20.1 Å². The molecule has 0 aliphatic carbocycles. The van der Waals surface area contributed by atoms with E-state index in [1.165, 1.54) is 0 Å². The fraction of sp³-hybridized carbons (Fsp3) is 0.696. The lowest BCUT2D eigenvalue weighted by molar-refractivity contribution is 0.0171. The molecule has 9 heteroatoms. The van der Waals surface area contributed by atoms with Crippen molar-refractivity contribution >= 4 is 35.6 Å². The highest BCUT2D eigenvalue weighted by atomic mass is 127. The minimum atomic E-state index is 0. The van der Waals surface area contributed by atoms with Crippen LogP contribution in [0.15, 0.2) is 23.2 Å². The van der Waals surface area contributed by atoms with Gasteiger partial charge in [-0.2, -0.15) is 0 Å². The molecule has 2 aliphatic heterocycles. The first-order valence-corrected chi connectivity index (χ1v) is 11.6. The van der Waals surface area contributed by atoms with Crippen LogP contribution in [0.4, 0.5) is 5.69 Å². The first kappa shape index (κ1) is 26.9. The molecule has 1 unspecified atom stereocenters. The molecule has 2 aliphatic rings. The minimum Gasteiger partial charge on any atom is -0.490 e. The number of ether oxygens (including phenoxy) is 5. The second-order valence-corrected chi connectivity index (χ2v) is 7.61. The van der Waals surface area contributed by atoms with E-state index in [-0.39, 0.29) is 30.1 Å². The fourth-order valence-corrected chi connectivity index (χ4v) is 3.39. The molecule has 0 radical (unpaired) electrons. The van der Waals surface area contributed by atoms with Crippen LogP contribution in [-0.4, -0.2) is 71.4 Å². The van der Waals surface area contributed by atoms with E-state index in [9.17, 15) is 0 Å². The summed E-state index contributed by atoms with van der Waals surface area (Å²) in [4.78, 5) is 4.71. The molecular formula is C23H38IN3O5. The summed E-state index contributed by atoms with van der Waals surface area (Å²) < 4.78 is 28.2. The lowest BCUT2D eigenvalue weighted by Crippen LogP contribution is -2.32. The monoisotopic (exact) mass is 563 g/mol. The van der Waals surface area contributed by atoms with Gasteiger partial charge in [-0.25, -0.2) is 0 Å². The molecule has 32 heavy (non-hydrogen) atoms. The third kappa shape index (κ3) is 10.1. The summed E-state index contributed by atoms with van der Waals surface area (Å²) in [5, 5.41) is 6.76. The smallest absolute Gasteiger partial charge is 0.195 e. The van der Waals surface area contributed by atoms with Crippen LogP contribution in [0.25, 0.3) is 0 Å². The topological polar surface area (TPSA) is 82.6 Å². The normalized spacial score (nSPS) is 18.0. The third-order valence-electron chi connectivity index (χ3n) is 5.02. The Balaban J connectivity index is 0.00000363. The maximum atomic E-state index is 5.80. The van der Waals surface area contributed by atoms with Crippen molar-refractivity contribution in [2.45, 2.75) is 45.1 Å². The zero-order valence-corrected chi connectivity index (χ0v) is 21.4. The molecule has 0 amide bonds. The summed E-state index contributed by atoms with van der Waals surface area (Å²) in [6, 6.07) is 5.88. The van der Waals surface area contributed by atoms with E-state index in [1.807, 2.05) is 25.1 Å². The Morgan fingerprint density at radius 1 is 1.06 bits per heavy atom. The number of nitrogens with one attached hydrogen (secondary N) is 2. The summed E-state index contributed by atoms with van der Waals surface area (Å²) in [5.41, 5.74) is 0.912. The third-order valence-corrected chi connectivity index (χ3v) is 5.02. The van der Waals surface area contributed by atoms with E-state index in [0.29, 0.717) is 33.0 Å². The van der Waals surface area contributed by atoms with Crippen LogP contribution in [0.2, 0.25) is 0 Å². The van der Waals surface area contributed by atoms with E-state index in [2.05, 4.69) is 10.6 Å². The molecule has 1 atom stereocenters. The highest BCUT2D eigenvalue weighted by molar-refractivity contribution is 14.0. The molecule has 1 aromatic rings. The molecule has 182 valence electrons. The minimum absolute atomic E-state index is 0. The van der Waals surface area contributed by atoms with Crippen molar-refractivity contribution in [1.82, 2.24) is 5.32 Å². The number of hydrogen-bond donors (Lipinski definition) is 2. The second kappa shape index (κ2) is 16.3. The van der Waals surface area contributed by atoms with E-state index in [1.54, 1.807) is 0 Å². The van der Waals surface area contributed by atoms with E-state index in [4.69, 9.17) is 28.7 Å². The maximum absolute atomic E-state index is 5.80. The molecule has 3 rings (SSSR count). The van der Waals surface area contributed by atoms with E-state index >= 15 is 0 Å². The van der Waals surface area contributed by atoms with Gasteiger partial charge in [0.1, 0.15) is 0 Å². The average molecular weight is 563 g/mol. The largest absolute Gasteiger partial charge is 0.490 e. The first-order valence-electron chi connectivity index (χ1n) is 11.6. The number of rotatable bonds is 12. The van der Waals surface area contributed by atoms with Gasteiger partial charge in [-0.05, 0) is 44.7 Å². The standard InChI is InChI=1S/C23H37N3O5.HI/c1-2-27-12-4-10-24-23(25-11-5-13-28-18-20-7-3-14-29-20)26-19-8-9-21-22(17-19)31-16-6-15-30-21;/h8-9,17,20H,2-7,10-16,18H2,1H3,(H2,24,25,26);1H. The number of hydrogen-bond acceptors (Lipinski definition) is 6. The van der Waals surface area contributed by atoms with Crippen LogP contribution in [0, 0.1) is 0 Å². The van der Waals surface area contributed by atoms with Crippen LogP contribution in [0.5, 0.6) is 11.5 Å². The molecule has 0 spiro atoms. The van der Waals surface area contributed by atoms with Crippen molar-refractivity contribution in [2.75, 3.05) is 64.7 Å². The Bertz CT molecular complexity index is 671. The number of guanidine groups is 1. The molecule has 2 N–H and O–H groups in total. The molecular weight excluding hydrogens is 525 g/mol. The van der Waals surface area contributed by atoms with Gasteiger partial charge in [0.2, 0.25) is 0 Å². The molecule has 1 saturated heterocycles. The summed E-state index contributed by atoms with van der Waals surface area (Å²) in [6.45, 7) is 8.52. The number of fused-ring (bicyclic) bond motifs is 1. The van der Waals surface area contributed by atoms with Gasteiger partial charge < -0.3 is 34.3 Å². The lowest BCUT2D eigenvalue weighted by atomic mass is 10.2. The molecule has 1 aromatic carbocycles. The second-order valence-electron chi connectivity index (χ2n) is 7.61. The van der Waals surface area contributed by atoms with Gasteiger partial charge in [-0.1, -0.05) is 0 Å². The van der Waals surface area contributed by atoms with Crippen molar-refractivity contribution in [3.8, 4) is 11.5 Å². The maximum Gasteiger partial charge on any atom is 0.195 e. The molecule has 2 heterocycles. The average Bonchev–Trinajstić information content (AvgIpc) is 3.19.